The fourth-order valence-electron chi connectivity index (χ4n) is 4.41. The van der Waals surface area contributed by atoms with Crippen LogP contribution in [0, 0.1) is 10.4 Å². The topological polar surface area (TPSA) is 46.1 Å². The summed E-state index contributed by atoms with van der Waals surface area (Å²) in [5, 5.41) is 29.1. The minimum atomic E-state index is -0.338. The highest BCUT2D eigenvalue weighted by molar-refractivity contribution is 5.91. The van der Waals surface area contributed by atoms with Crippen LogP contribution in [0.1, 0.15) is 63.8 Å². The van der Waals surface area contributed by atoms with Crippen molar-refractivity contribution in [3.8, 4) is 0 Å². The van der Waals surface area contributed by atoms with Crippen molar-refractivity contribution in [2.75, 3.05) is 0 Å². The minimum Gasteiger partial charge on any atom is -0.632 e. The van der Waals surface area contributed by atoms with Crippen molar-refractivity contribution in [1.82, 2.24) is 0 Å². The van der Waals surface area contributed by atoms with Crippen LogP contribution in [0.25, 0.3) is 10.8 Å². The molecule has 2 heterocycles. The van der Waals surface area contributed by atoms with Gasteiger partial charge in [-0.3, -0.25) is 0 Å². The standard InChI is InChI=1S/C22H30N2O2/c1-21(2,3)23(25)11-15-7-9-18-17(19(15)13-23)10-8-16-12-24(26,14-20(16)18)22(4,5)6/h7-10H,11-14H2,1-6H3. The first-order valence-electron chi connectivity index (χ1n) is 9.56. The maximum absolute atomic E-state index is 13.4. The average molecular weight is 354 g/mol. The van der Waals surface area contributed by atoms with Crippen molar-refractivity contribution in [2.24, 2.45) is 0 Å². The molecule has 0 N–H and O–H groups in total. The van der Waals surface area contributed by atoms with Gasteiger partial charge in [0, 0.05) is 22.3 Å². The molecule has 0 saturated carbocycles. The van der Waals surface area contributed by atoms with Gasteiger partial charge in [-0.2, -0.15) is 0 Å². The molecule has 0 aliphatic carbocycles. The monoisotopic (exact) mass is 354 g/mol. The van der Waals surface area contributed by atoms with Gasteiger partial charge in [-0.1, -0.05) is 24.3 Å². The van der Waals surface area contributed by atoms with Crippen LogP contribution in [0.3, 0.4) is 0 Å². The van der Waals surface area contributed by atoms with E-state index in [1.165, 1.54) is 33.0 Å². The Bertz CT molecular complexity index is 832. The van der Waals surface area contributed by atoms with Crippen molar-refractivity contribution >= 4 is 10.8 Å². The van der Waals surface area contributed by atoms with Crippen molar-refractivity contribution < 1.29 is 9.29 Å². The molecule has 0 radical (unpaired) electrons. The number of quaternary nitrogens is 2. The molecule has 4 nitrogen and oxygen atoms in total. The highest BCUT2D eigenvalue weighted by Crippen LogP contribution is 2.44. The highest BCUT2D eigenvalue weighted by Gasteiger charge is 2.42. The second kappa shape index (κ2) is 5.08. The molecule has 140 valence electrons. The maximum Gasteiger partial charge on any atom is 0.106 e. The molecular weight excluding hydrogens is 324 g/mol. The van der Waals surface area contributed by atoms with E-state index in [0.717, 1.165) is 0 Å². The molecule has 0 fully saturated rings. The van der Waals surface area contributed by atoms with E-state index >= 15 is 0 Å². The smallest absolute Gasteiger partial charge is 0.106 e. The Balaban J connectivity index is 1.83. The molecule has 2 aliphatic rings. The van der Waals surface area contributed by atoms with Gasteiger partial charge in [0.2, 0.25) is 0 Å². The van der Waals surface area contributed by atoms with Crippen LogP contribution in [0.5, 0.6) is 0 Å². The predicted molar refractivity (Wildman–Crippen MR) is 106 cm³/mol. The number of hydrogen-bond donors (Lipinski definition) is 0. The summed E-state index contributed by atoms with van der Waals surface area (Å²) < 4.78 is -0.413. The third kappa shape index (κ3) is 2.36. The summed E-state index contributed by atoms with van der Waals surface area (Å²) in [4.78, 5) is 0. The Morgan fingerprint density at radius 1 is 0.615 bits per heavy atom. The van der Waals surface area contributed by atoms with Crippen LogP contribution in [-0.4, -0.2) is 20.4 Å². The van der Waals surface area contributed by atoms with Gasteiger partial charge >= 0.3 is 0 Å². The molecule has 26 heavy (non-hydrogen) atoms. The normalized spacial score (nSPS) is 28.5. The van der Waals surface area contributed by atoms with Crippen molar-refractivity contribution in [3.05, 3.63) is 56.9 Å². The molecule has 0 saturated heterocycles. The van der Waals surface area contributed by atoms with Crippen molar-refractivity contribution in [1.29, 1.82) is 0 Å². The van der Waals surface area contributed by atoms with Crippen LogP contribution in [0.15, 0.2) is 24.3 Å². The zero-order chi connectivity index (χ0) is 19.1. The lowest BCUT2D eigenvalue weighted by Gasteiger charge is -2.49. The van der Waals surface area contributed by atoms with Gasteiger partial charge in [0.15, 0.2) is 0 Å². The minimum absolute atomic E-state index is 0.206. The molecule has 0 aromatic heterocycles. The van der Waals surface area contributed by atoms with E-state index in [9.17, 15) is 10.4 Å². The van der Waals surface area contributed by atoms with Crippen LogP contribution in [-0.2, 0) is 26.2 Å². The van der Waals surface area contributed by atoms with E-state index in [4.69, 9.17) is 0 Å². The Morgan fingerprint density at radius 2 is 0.962 bits per heavy atom. The van der Waals surface area contributed by atoms with Gasteiger partial charge < -0.3 is 19.7 Å². The molecule has 2 atom stereocenters. The molecule has 0 amide bonds. The summed E-state index contributed by atoms with van der Waals surface area (Å²) in [6.45, 7) is 14.3. The first-order chi connectivity index (χ1) is 11.8. The SMILES string of the molecule is CC(C)(C)[N+]1([O-])Cc2ccc3c4c(ccc3c2C1)C[N+]([O-])(C(C)(C)C)C4. The van der Waals surface area contributed by atoms with Crippen LogP contribution < -0.4 is 0 Å². The summed E-state index contributed by atoms with van der Waals surface area (Å²) in [6.07, 6.45) is 0. The summed E-state index contributed by atoms with van der Waals surface area (Å²) in [5.41, 5.74) is 4.02. The predicted octanol–water partition coefficient (Wildman–Crippen LogP) is 5.09. The van der Waals surface area contributed by atoms with Crippen molar-refractivity contribution in [3.63, 3.8) is 0 Å². The van der Waals surface area contributed by atoms with E-state index < -0.39 is 0 Å². The van der Waals surface area contributed by atoms with Gasteiger partial charge in [0.25, 0.3) is 0 Å². The number of fused-ring (bicyclic) bond motifs is 5. The lowest BCUT2D eigenvalue weighted by atomic mass is 9.95. The average Bonchev–Trinajstić information content (AvgIpc) is 3.03. The second-order valence-electron chi connectivity index (χ2n) is 10.3. The second-order valence-corrected chi connectivity index (χ2v) is 10.3. The summed E-state index contributed by atoms with van der Waals surface area (Å²) in [7, 11) is 0. The van der Waals surface area contributed by atoms with E-state index in [-0.39, 0.29) is 20.4 Å². The van der Waals surface area contributed by atoms with Gasteiger partial charge in [0.05, 0.1) is 11.1 Å². The number of hydroxylamine groups is 6. The molecule has 2 aliphatic heterocycles. The Hall–Kier alpha value is -1.46. The summed E-state index contributed by atoms with van der Waals surface area (Å²) in [5.74, 6) is 0. The van der Waals surface area contributed by atoms with Gasteiger partial charge in [-0.25, -0.2) is 0 Å². The zero-order valence-corrected chi connectivity index (χ0v) is 16.8. The Morgan fingerprint density at radius 3 is 1.27 bits per heavy atom. The molecule has 2 unspecified atom stereocenters. The van der Waals surface area contributed by atoms with E-state index in [1.807, 2.05) is 41.5 Å². The lowest BCUT2D eigenvalue weighted by Crippen LogP contribution is -2.51. The highest BCUT2D eigenvalue weighted by atomic mass is 16.6. The number of nitrogens with zero attached hydrogens (tertiary/aromatic N) is 2. The molecule has 4 rings (SSSR count). The number of rotatable bonds is 0. The largest absolute Gasteiger partial charge is 0.632 e. The van der Waals surface area contributed by atoms with E-state index in [0.29, 0.717) is 26.2 Å². The third-order valence-corrected chi connectivity index (χ3v) is 6.74. The Labute approximate surface area is 156 Å². The van der Waals surface area contributed by atoms with E-state index in [1.54, 1.807) is 0 Å². The van der Waals surface area contributed by atoms with Crippen molar-refractivity contribution in [2.45, 2.75) is 78.8 Å². The molecule has 4 heteroatoms. The zero-order valence-electron chi connectivity index (χ0n) is 16.8. The molecular formula is C22H30N2O2. The quantitative estimate of drug-likeness (QED) is 0.488. The van der Waals surface area contributed by atoms with Crippen LogP contribution in [0.4, 0.5) is 0 Å². The molecule has 2 aromatic rings. The van der Waals surface area contributed by atoms with Crippen LogP contribution >= 0.6 is 0 Å². The number of benzene rings is 2. The molecule has 0 spiro atoms. The van der Waals surface area contributed by atoms with Gasteiger partial charge in [-0.05, 0) is 52.3 Å². The summed E-state index contributed by atoms with van der Waals surface area (Å²) >= 11 is 0. The van der Waals surface area contributed by atoms with Crippen LogP contribution in [0.2, 0.25) is 0 Å². The van der Waals surface area contributed by atoms with E-state index in [2.05, 4.69) is 24.3 Å². The van der Waals surface area contributed by atoms with Gasteiger partial charge in [-0.15, -0.1) is 0 Å². The Kier molecular flexibility index (Phi) is 3.50. The molecule has 2 aromatic carbocycles. The lowest BCUT2D eigenvalue weighted by molar-refractivity contribution is -0.945. The number of hydrogen-bond acceptors (Lipinski definition) is 2. The molecule has 0 bridgehead atoms. The maximum atomic E-state index is 13.4. The van der Waals surface area contributed by atoms with Gasteiger partial charge in [0.1, 0.15) is 26.2 Å². The summed E-state index contributed by atoms with van der Waals surface area (Å²) in [6, 6.07) is 8.53. The first-order valence-corrected chi connectivity index (χ1v) is 9.56. The fraction of sp³-hybridized carbons (Fsp3) is 0.545. The first kappa shape index (κ1) is 17.9. The third-order valence-electron chi connectivity index (χ3n) is 6.74. The fourth-order valence-corrected chi connectivity index (χ4v) is 4.41.